The molecular formula is C11H16N2O3. The fourth-order valence-electron chi connectivity index (χ4n) is 1.43. The molecule has 88 valence electrons. The molecule has 0 bridgehead atoms. The number of rotatable bonds is 5. The zero-order valence-corrected chi connectivity index (χ0v) is 9.19. The number of carbonyl (C=O) groups excluding carboxylic acids is 1. The lowest BCUT2D eigenvalue weighted by Crippen LogP contribution is -2.46. The van der Waals surface area contributed by atoms with Crippen LogP contribution in [0.5, 0.6) is 0 Å². The Balaban J connectivity index is 2.25. The van der Waals surface area contributed by atoms with Crippen LogP contribution in [0.4, 0.5) is 4.79 Å². The second-order valence-corrected chi connectivity index (χ2v) is 4.13. The minimum absolute atomic E-state index is 0.0113. The van der Waals surface area contributed by atoms with Gasteiger partial charge in [-0.3, -0.25) is 0 Å². The largest absolute Gasteiger partial charge is 0.480 e. The Hall–Kier alpha value is -1.70. The zero-order chi connectivity index (χ0) is 12.1. The van der Waals surface area contributed by atoms with Gasteiger partial charge >= 0.3 is 12.0 Å². The number of carboxylic acids is 1. The molecule has 0 aromatic rings. The number of carbonyl (C=O) groups is 2. The molecule has 1 aliphatic rings. The molecule has 1 rings (SSSR count). The molecule has 1 saturated carbocycles. The van der Waals surface area contributed by atoms with Crippen molar-refractivity contribution in [2.24, 2.45) is 11.8 Å². The molecule has 3 unspecified atom stereocenters. The Labute approximate surface area is 94.6 Å². The van der Waals surface area contributed by atoms with Crippen LogP contribution >= 0.6 is 0 Å². The van der Waals surface area contributed by atoms with Gasteiger partial charge in [-0.2, -0.15) is 0 Å². The summed E-state index contributed by atoms with van der Waals surface area (Å²) in [6.07, 6.45) is 6.11. The number of terminal acetylenes is 1. The van der Waals surface area contributed by atoms with Crippen LogP contribution in [0, 0.1) is 24.2 Å². The van der Waals surface area contributed by atoms with Gasteiger partial charge in [0.2, 0.25) is 0 Å². The number of hydrogen-bond acceptors (Lipinski definition) is 2. The first-order valence-electron chi connectivity index (χ1n) is 5.25. The van der Waals surface area contributed by atoms with Gasteiger partial charge in [-0.05, 0) is 18.3 Å². The van der Waals surface area contributed by atoms with Crippen molar-refractivity contribution in [2.75, 3.05) is 6.54 Å². The van der Waals surface area contributed by atoms with E-state index in [0.717, 1.165) is 6.42 Å². The van der Waals surface area contributed by atoms with Gasteiger partial charge in [0.25, 0.3) is 0 Å². The third kappa shape index (κ3) is 3.81. The maximum Gasteiger partial charge on any atom is 0.327 e. The van der Waals surface area contributed by atoms with Crippen LogP contribution in [0.15, 0.2) is 0 Å². The molecule has 0 heterocycles. The Morgan fingerprint density at radius 3 is 2.69 bits per heavy atom. The molecule has 0 spiro atoms. The Morgan fingerprint density at radius 2 is 2.25 bits per heavy atom. The summed E-state index contributed by atoms with van der Waals surface area (Å²) < 4.78 is 0. The molecule has 0 saturated heterocycles. The highest BCUT2D eigenvalue weighted by Crippen LogP contribution is 2.36. The molecule has 2 amide bonds. The summed E-state index contributed by atoms with van der Waals surface area (Å²) in [5, 5.41) is 13.7. The van der Waals surface area contributed by atoms with E-state index in [9.17, 15) is 9.59 Å². The number of amides is 2. The molecule has 0 radical (unpaired) electrons. The average molecular weight is 224 g/mol. The van der Waals surface area contributed by atoms with Crippen molar-refractivity contribution in [2.45, 2.75) is 25.8 Å². The van der Waals surface area contributed by atoms with Gasteiger partial charge in [0, 0.05) is 13.0 Å². The lowest BCUT2D eigenvalue weighted by atomic mass is 10.2. The van der Waals surface area contributed by atoms with Gasteiger partial charge in [-0.25, -0.2) is 9.59 Å². The molecule has 3 N–H and O–H groups in total. The number of hydrogen-bond donors (Lipinski definition) is 3. The van der Waals surface area contributed by atoms with Crippen LogP contribution in [0.3, 0.4) is 0 Å². The van der Waals surface area contributed by atoms with E-state index in [0.29, 0.717) is 18.4 Å². The molecule has 5 heteroatoms. The number of urea groups is 1. The standard InChI is InChI=1S/C11H16N2O3/c1-3-4-9(10(14)15)13-11(16)12-6-8-5-7(8)2/h1,7-9H,4-6H2,2H3,(H,14,15)(H2,12,13,16). The molecule has 0 aliphatic heterocycles. The van der Waals surface area contributed by atoms with E-state index in [1.165, 1.54) is 0 Å². The normalized spacial score (nSPS) is 24.0. The predicted molar refractivity (Wildman–Crippen MR) is 58.7 cm³/mol. The number of aliphatic carboxylic acids is 1. The van der Waals surface area contributed by atoms with E-state index in [1.54, 1.807) is 0 Å². The minimum atomic E-state index is -1.12. The summed E-state index contributed by atoms with van der Waals surface area (Å²) in [6.45, 7) is 2.71. The van der Waals surface area contributed by atoms with Crippen molar-refractivity contribution in [3.05, 3.63) is 0 Å². The molecular weight excluding hydrogens is 208 g/mol. The summed E-state index contributed by atoms with van der Waals surface area (Å²) in [4.78, 5) is 22.0. The molecule has 3 atom stereocenters. The van der Waals surface area contributed by atoms with Crippen LogP contribution in [-0.4, -0.2) is 29.7 Å². The smallest absolute Gasteiger partial charge is 0.327 e. The van der Waals surface area contributed by atoms with Crippen molar-refractivity contribution in [3.8, 4) is 12.3 Å². The van der Waals surface area contributed by atoms with Crippen molar-refractivity contribution in [1.82, 2.24) is 10.6 Å². The van der Waals surface area contributed by atoms with E-state index < -0.39 is 18.0 Å². The molecule has 5 nitrogen and oxygen atoms in total. The Morgan fingerprint density at radius 1 is 1.62 bits per heavy atom. The van der Waals surface area contributed by atoms with Gasteiger partial charge in [-0.15, -0.1) is 12.3 Å². The molecule has 0 aromatic heterocycles. The highest BCUT2D eigenvalue weighted by Gasteiger charge is 2.32. The predicted octanol–water partition coefficient (Wildman–Crippen LogP) is 0.418. The van der Waals surface area contributed by atoms with Crippen LogP contribution in [0.2, 0.25) is 0 Å². The van der Waals surface area contributed by atoms with E-state index in [2.05, 4.69) is 23.5 Å². The summed E-state index contributed by atoms with van der Waals surface area (Å²) in [6, 6.07) is -1.48. The van der Waals surface area contributed by atoms with Crippen molar-refractivity contribution in [3.63, 3.8) is 0 Å². The van der Waals surface area contributed by atoms with Crippen LogP contribution < -0.4 is 10.6 Å². The van der Waals surface area contributed by atoms with E-state index in [4.69, 9.17) is 11.5 Å². The van der Waals surface area contributed by atoms with Crippen LogP contribution in [-0.2, 0) is 4.79 Å². The number of nitrogens with one attached hydrogen (secondary N) is 2. The monoisotopic (exact) mass is 224 g/mol. The van der Waals surface area contributed by atoms with Crippen molar-refractivity contribution in [1.29, 1.82) is 0 Å². The summed E-state index contributed by atoms with van der Waals surface area (Å²) in [5.41, 5.74) is 0. The van der Waals surface area contributed by atoms with Gasteiger partial charge in [0.05, 0.1) is 0 Å². The highest BCUT2D eigenvalue weighted by atomic mass is 16.4. The second-order valence-electron chi connectivity index (χ2n) is 4.13. The third-order valence-corrected chi connectivity index (χ3v) is 2.73. The Kier molecular flexibility index (Phi) is 4.18. The topological polar surface area (TPSA) is 78.4 Å². The molecule has 1 aliphatic carbocycles. The van der Waals surface area contributed by atoms with Gasteiger partial charge in [0.15, 0.2) is 0 Å². The zero-order valence-electron chi connectivity index (χ0n) is 9.19. The second kappa shape index (κ2) is 5.40. The van der Waals surface area contributed by atoms with E-state index in [-0.39, 0.29) is 6.42 Å². The maximum atomic E-state index is 11.3. The fourth-order valence-corrected chi connectivity index (χ4v) is 1.43. The third-order valence-electron chi connectivity index (χ3n) is 2.73. The van der Waals surface area contributed by atoms with Crippen LogP contribution in [0.1, 0.15) is 19.8 Å². The maximum absolute atomic E-state index is 11.3. The molecule has 1 fully saturated rings. The Bertz CT molecular complexity index is 322. The number of carboxylic acid groups (broad SMARTS) is 1. The lowest BCUT2D eigenvalue weighted by Gasteiger charge is -2.12. The van der Waals surface area contributed by atoms with Gasteiger partial charge in [-0.1, -0.05) is 6.92 Å². The first-order valence-corrected chi connectivity index (χ1v) is 5.25. The minimum Gasteiger partial charge on any atom is -0.480 e. The fraction of sp³-hybridized carbons (Fsp3) is 0.636. The summed E-state index contributed by atoms with van der Waals surface area (Å²) >= 11 is 0. The van der Waals surface area contributed by atoms with Crippen molar-refractivity contribution < 1.29 is 14.7 Å². The SMILES string of the molecule is C#CCC(NC(=O)NCC1CC1C)C(=O)O. The van der Waals surface area contributed by atoms with Gasteiger partial charge in [0.1, 0.15) is 6.04 Å². The summed E-state index contributed by atoms with van der Waals surface area (Å²) in [5.74, 6) is 2.28. The molecule has 0 aromatic carbocycles. The molecule has 16 heavy (non-hydrogen) atoms. The van der Waals surface area contributed by atoms with Crippen LogP contribution in [0.25, 0.3) is 0 Å². The summed E-state index contributed by atoms with van der Waals surface area (Å²) in [7, 11) is 0. The van der Waals surface area contributed by atoms with E-state index >= 15 is 0 Å². The first kappa shape index (κ1) is 12.4. The van der Waals surface area contributed by atoms with E-state index in [1.807, 2.05) is 0 Å². The average Bonchev–Trinajstić information content (AvgIpc) is 2.91. The van der Waals surface area contributed by atoms with Crippen molar-refractivity contribution >= 4 is 12.0 Å². The highest BCUT2D eigenvalue weighted by molar-refractivity contribution is 5.82. The quantitative estimate of drug-likeness (QED) is 0.592. The lowest BCUT2D eigenvalue weighted by molar-refractivity contribution is -0.139. The first-order chi connectivity index (χ1) is 7.54. The van der Waals surface area contributed by atoms with Gasteiger partial charge < -0.3 is 15.7 Å².